The van der Waals surface area contributed by atoms with Crippen LogP contribution in [0.2, 0.25) is 0 Å². The highest BCUT2D eigenvalue weighted by Crippen LogP contribution is 2.34. The van der Waals surface area contributed by atoms with Crippen molar-refractivity contribution in [2.75, 3.05) is 32.4 Å². The molecule has 0 aromatic heterocycles. The lowest BCUT2D eigenvalue weighted by Gasteiger charge is -2.56. The van der Waals surface area contributed by atoms with Gasteiger partial charge in [-0.2, -0.15) is 0 Å². The zero-order valence-corrected chi connectivity index (χ0v) is 11.3. The zero-order valence-electron chi connectivity index (χ0n) is 10.5. The van der Waals surface area contributed by atoms with E-state index in [0.717, 1.165) is 38.3 Å². The molecule has 2 aliphatic rings. The molecule has 4 nitrogen and oxygen atoms in total. The van der Waals surface area contributed by atoms with E-state index in [1.165, 1.54) is 6.26 Å². The first kappa shape index (κ1) is 12.1. The molecule has 1 aromatic rings. The van der Waals surface area contributed by atoms with E-state index in [1.54, 1.807) is 12.1 Å². The molecule has 98 valence electrons. The van der Waals surface area contributed by atoms with Crippen molar-refractivity contribution in [3.63, 3.8) is 0 Å². The van der Waals surface area contributed by atoms with Crippen LogP contribution in [0.4, 0.5) is 0 Å². The van der Waals surface area contributed by atoms with Gasteiger partial charge in [0.2, 0.25) is 0 Å². The maximum Gasteiger partial charge on any atom is 0.175 e. The highest BCUT2D eigenvalue weighted by atomic mass is 32.2. The molecule has 3 rings (SSSR count). The van der Waals surface area contributed by atoms with Crippen molar-refractivity contribution >= 4 is 9.84 Å². The van der Waals surface area contributed by atoms with Crippen LogP contribution in [-0.4, -0.2) is 45.8 Å². The average molecular weight is 266 g/mol. The van der Waals surface area contributed by atoms with Crippen LogP contribution >= 0.6 is 0 Å². The monoisotopic (exact) mass is 266 g/mol. The third-order valence-electron chi connectivity index (χ3n) is 3.85. The van der Waals surface area contributed by atoms with Crippen molar-refractivity contribution in [1.29, 1.82) is 0 Å². The van der Waals surface area contributed by atoms with Gasteiger partial charge in [-0.25, -0.2) is 8.42 Å². The summed E-state index contributed by atoms with van der Waals surface area (Å²) in [5, 5.41) is 3.31. The summed E-state index contributed by atoms with van der Waals surface area (Å²) < 4.78 is 23.0. The number of hydrogen-bond donors (Lipinski definition) is 1. The summed E-state index contributed by atoms with van der Waals surface area (Å²) in [5.41, 5.74) is 1.61. The molecule has 2 saturated heterocycles. The zero-order chi connectivity index (χ0) is 12.8. The fourth-order valence-electron chi connectivity index (χ4n) is 2.85. The van der Waals surface area contributed by atoms with Crippen LogP contribution in [0.5, 0.6) is 0 Å². The average Bonchev–Trinajstić information content (AvgIpc) is 2.19. The molecule has 0 amide bonds. The topological polar surface area (TPSA) is 49.4 Å². The van der Waals surface area contributed by atoms with Crippen molar-refractivity contribution < 1.29 is 8.42 Å². The third kappa shape index (κ3) is 2.18. The summed E-state index contributed by atoms with van der Waals surface area (Å²) in [4.78, 5) is 2.79. The Balaban J connectivity index is 1.67. The van der Waals surface area contributed by atoms with Gasteiger partial charge >= 0.3 is 0 Å². The molecule has 0 radical (unpaired) electrons. The van der Waals surface area contributed by atoms with E-state index >= 15 is 0 Å². The van der Waals surface area contributed by atoms with Crippen molar-refractivity contribution in [2.24, 2.45) is 5.41 Å². The Labute approximate surface area is 108 Å². The van der Waals surface area contributed by atoms with E-state index in [-0.39, 0.29) is 0 Å². The molecule has 18 heavy (non-hydrogen) atoms. The second kappa shape index (κ2) is 4.05. The molecule has 0 saturated carbocycles. The van der Waals surface area contributed by atoms with Crippen LogP contribution < -0.4 is 5.32 Å². The molecule has 0 atom stereocenters. The Bertz CT molecular complexity index is 556. The van der Waals surface area contributed by atoms with Gasteiger partial charge in [-0.05, 0) is 17.7 Å². The maximum absolute atomic E-state index is 11.5. The minimum absolute atomic E-state index is 0.417. The Hall–Kier alpha value is -0.910. The van der Waals surface area contributed by atoms with Gasteiger partial charge in [0.15, 0.2) is 9.84 Å². The van der Waals surface area contributed by atoms with Crippen LogP contribution in [0, 0.1) is 5.41 Å². The minimum atomic E-state index is -3.09. The van der Waals surface area contributed by atoms with Crippen molar-refractivity contribution in [2.45, 2.75) is 11.4 Å². The molecule has 0 aliphatic carbocycles. The summed E-state index contributed by atoms with van der Waals surface area (Å²) in [5.74, 6) is 0. The van der Waals surface area contributed by atoms with Gasteiger partial charge in [0.25, 0.3) is 0 Å². The number of likely N-dealkylation sites (tertiary alicyclic amines) is 1. The van der Waals surface area contributed by atoms with Crippen LogP contribution in [-0.2, 0) is 16.4 Å². The normalized spacial score (nSPS) is 22.5. The van der Waals surface area contributed by atoms with Gasteiger partial charge in [-0.15, -0.1) is 0 Å². The Morgan fingerprint density at radius 1 is 1.33 bits per heavy atom. The van der Waals surface area contributed by atoms with Gasteiger partial charge in [0, 0.05) is 44.4 Å². The van der Waals surface area contributed by atoms with Gasteiger partial charge in [0.1, 0.15) is 0 Å². The molecule has 5 heteroatoms. The predicted octanol–water partition coefficient (Wildman–Crippen LogP) is 0.495. The molecular weight excluding hydrogens is 248 g/mol. The van der Waals surface area contributed by atoms with E-state index < -0.39 is 9.84 Å². The lowest BCUT2D eigenvalue weighted by Crippen LogP contribution is -2.70. The molecule has 1 aromatic carbocycles. The molecule has 0 bridgehead atoms. The molecule has 2 aliphatic heterocycles. The summed E-state index contributed by atoms with van der Waals surface area (Å²) >= 11 is 0. The number of nitrogens with one attached hydrogen (secondary N) is 1. The molecule has 2 fully saturated rings. The standard InChI is InChI=1S/C13H18N2O2S/c1-18(16,17)12-4-2-3-11(5-12)6-15-9-13(10-15)7-14-8-13/h2-5,14H,6-10H2,1H3. The summed E-state index contributed by atoms with van der Waals surface area (Å²) in [6.45, 7) is 5.37. The Morgan fingerprint density at radius 3 is 2.61 bits per heavy atom. The van der Waals surface area contributed by atoms with Crippen molar-refractivity contribution in [3.8, 4) is 0 Å². The first-order valence-electron chi connectivity index (χ1n) is 6.19. The summed E-state index contributed by atoms with van der Waals surface area (Å²) in [6, 6.07) is 7.27. The highest BCUT2D eigenvalue weighted by molar-refractivity contribution is 7.90. The number of rotatable bonds is 3. The number of sulfone groups is 1. The fraction of sp³-hybridized carbons (Fsp3) is 0.538. The van der Waals surface area contributed by atoms with Gasteiger partial charge < -0.3 is 5.32 Å². The lowest BCUT2D eigenvalue weighted by molar-refractivity contribution is -0.0444. The van der Waals surface area contributed by atoms with Gasteiger partial charge in [-0.3, -0.25) is 4.90 Å². The predicted molar refractivity (Wildman–Crippen MR) is 70.1 cm³/mol. The number of hydrogen-bond acceptors (Lipinski definition) is 4. The molecule has 0 unspecified atom stereocenters. The van der Waals surface area contributed by atoms with Crippen LogP contribution in [0.1, 0.15) is 5.56 Å². The highest BCUT2D eigenvalue weighted by Gasteiger charge is 2.47. The maximum atomic E-state index is 11.5. The first-order chi connectivity index (χ1) is 8.47. The van der Waals surface area contributed by atoms with E-state index in [0.29, 0.717) is 10.3 Å². The molecule has 1 spiro atoms. The number of benzene rings is 1. The summed E-state index contributed by atoms with van der Waals surface area (Å²) in [7, 11) is -3.09. The Kier molecular flexibility index (Phi) is 2.73. The van der Waals surface area contributed by atoms with Crippen LogP contribution in [0.25, 0.3) is 0 Å². The molecule has 2 heterocycles. The van der Waals surface area contributed by atoms with Crippen LogP contribution in [0.3, 0.4) is 0 Å². The minimum Gasteiger partial charge on any atom is -0.315 e. The third-order valence-corrected chi connectivity index (χ3v) is 4.96. The second-order valence-corrected chi connectivity index (χ2v) is 7.68. The van der Waals surface area contributed by atoms with Crippen molar-refractivity contribution in [3.05, 3.63) is 29.8 Å². The van der Waals surface area contributed by atoms with E-state index in [4.69, 9.17) is 0 Å². The van der Waals surface area contributed by atoms with Gasteiger partial charge in [0.05, 0.1) is 4.90 Å². The quantitative estimate of drug-likeness (QED) is 0.865. The van der Waals surface area contributed by atoms with Crippen LogP contribution in [0.15, 0.2) is 29.2 Å². The molecular formula is C13H18N2O2S. The Morgan fingerprint density at radius 2 is 2.06 bits per heavy atom. The first-order valence-corrected chi connectivity index (χ1v) is 8.08. The molecule has 1 N–H and O–H groups in total. The van der Waals surface area contributed by atoms with Gasteiger partial charge in [-0.1, -0.05) is 12.1 Å². The second-order valence-electron chi connectivity index (χ2n) is 5.67. The lowest BCUT2D eigenvalue weighted by atomic mass is 9.74. The fourth-order valence-corrected chi connectivity index (χ4v) is 3.54. The SMILES string of the molecule is CS(=O)(=O)c1cccc(CN2CC3(CNC3)C2)c1. The largest absolute Gasteiger partial charge is 0.315 e. The van der Waals surface area contributed by atoms with E-state index in [2.05, 4.69) is 10.2 Å². The van der Waals surface area contributed by atoms with E-state index in [1.807, 2.05) is 12.1 Å². The number of nitrogens with zero attached hydrogens (tertiary/aromatic N) is 1. The summed E-state index contributed by atoms with van der Waals surface area (Å²) in [6.07, 6.45) is 1.25. The smallest absolute Gasteiger partial charge is 0.175 e. The van der Waals surface area contributed by atoms with Crippen molar-refractivity contribution in [1.82, 2.24) is 10.2 Å². The van der Waals surface area contributed by atoms with E-state index in [9.17, 15) is 8.42 Å².